The van der Waals surface area contributed by atoms with Crippen LogP contribution in [0, 0.1) is 23.2 Å². The van der Waals surface area contributed by atoms with Crippen LogP contribution in [-0.2, 0) is 9.53 Å². The molecule has 0 bridgehead atoms. The van der Waals surface area contributed by atoms with Crippen LogP contribution in [0.1, 0.15) is 79.6 Å². The fraction of sp³-hybridized carbons (Fsp3) is 0.955. The van der Waals surface area contributed by atoms with Crippen molar-refractivity contribution >= 4 is 28.6 Å². The summed E-state index contributed by atoms with van der Waals surface area (Å²) in [7, 11) is 0. The molecule has 0 amide bonds. The third-order valence-electron chi connectivity index (χ3n) is 7.14. The minimum atomic E-state index is -0.421. The van der Waals surface area contributed by atoms with Gasteiger partial charge in [0.05, 0.1) is 9.53 Å². The van der Waals surface area contributed by atoms with Crippen molar-refractivity contribution in [2.24, 2.45) is 28.9 Å². The third kappa shape index (κ3) is 5.03. The zero-order valence-electron chi connectivity index (χ0n) is 18.2. The summed E-state index contributed by atoms with van der Waals surface area (Å²) in [6.07, 6.45) is 5.29. The Balaban J connectivity index is 2.28. The highest BCUT2D eigenvalue weighted by molar-refractivity contribution is 14.1. The summed E-state index contributed by atoms with van der Waals surface area (Å²) >= 11 is 2.53. The molecular formula is C22H40INO4. The molecule has 164 valence electrons. The van der Waals surface area contributed by atoms with Crippen molar-refractivity contribution in [1.82, 2.24) is 0 Å². The Labute approximate surface area is 184 Å². The molecule has 4 N–H and O–H groups in total. The number of rotatable bonds is 7. The first-order valence-electron chi connectivity index (χ1n) is 10.8. The minimum absolute atomic E-state index is 0.0325. The Bertz CT molecular complexity index is 557. The zero-order chi connectivity index (χ0) is 21.3. The quantitative estimate of drug-likeness (QED) is 0.276. The molecule has 0 aliphatic heterocycles. The summed E-state index contributed by atoms with van der Waals surface area (Å²) in [5.41, 5.74) is 6.76. The molecule has 7 atom stereocenters. The third-order valence-corrected chi connectivity index (χ3v) is 9.71. The van der Waals surface area contributed by atoms with E-state index >= 15 is 0 Å². The van der Waals surface area contributed by atoms with Gasteiger partial charge in [-0.2, -0.15) is 0 Å². The lowest BCUT2D eigenvalue weighted by atomic mass is 9.51. The van der Waals surface area contributed by atoms with E-state index in [0.29, 0.717) is 18.8 Å². The monoisotopic (exact) mass is 509 g/mol. The molecule has 2 fully saturated rings. The van der Waals surface area contributed by atoms with Gasteiger partial charge in [0.25, 0.3) is 0 Å². The van der Waals surface area contributed by atoms with Gasteiger partial charge in [-0.25, -0.2) is 0 Å². The van der Waals surface area contributed by atoms with Gasteiger partial charge in [-0.3, -0.25) is 4.79 Å². The summed E-state index contributed by atoms with van der Waals surface area (Å²) in [5.74, 6) is 0.613. The predicted octanol–water partition coefficient (Wildman–Crippen LogP) is 3.82. The van der Waals surface area contributed by atoms with Gasteiger partial charge in [-0.1, -0.05) is 50.3 Å². The maximum Gasteiger partial charge on any atom is 0.302 e. The molecule has 0 heterocycles. The molecule has 0 aromatic heterocycles. The second kappa shape index (κ2) is 9.06. The van der Waals surface area contributed by atoms with Gasteiger partial charge in [0, 0.05) is 19.1 Å². The minimum Gasteiger partial charge on any atom is -0.461 e. The Morgan fingerprint density at radius 2 is 2.04 bits per heavy atom. The van der Waals surface area contributed by atoms with E-state index in [1.807, 2.05) is 6.92 Å². The highest BCUT2D eigenvalue weighted by Gasteiger charge is 2.65. The molecule has 0 saturated heterocycles. The van der Waals surface area contributed by atoms with E-state index in [1.54, 1.807) is 0 Å². The second-order valence-electron chi connectivity index (χ2n) is 10.4. The topological polar surface area (TPSA) is 92.8 Å². The normalized spacial score (nSPS) is 39.7. The summed E-state index contributed by atoms with van der Waals surface area (Å²) < 4.78 is 5.58. The Morgan fingerprint density at radius 3 is 2.61 bits per heavy atom. The average Bonchev–Trinajstić information content (AvgIpc) is 2.55. The molecule has 0 spiro atoms. The molecule has 5 nitrogen and oxygen atoms in total. The number of nitrogens with two attached hydrogens (primary N) is 1. The number of ether oxygens (including phenoxy) is 1. The maximum atomic E-state index is 11.9. The van der Waals surface area contributed by atoms with Crippen LogP contribution in [0.3, 0.4) is 0 Å². The zero-order valence-corrected chi connectivity index (χ0v) is 20.4. The highest BCUT2D eigenvalue weighted by atomic mass is 127. The molecule has 28 heavy (non-hydrogen) atoms. The number of alkyl halides is 1. The van der Waals surface area contributed by atoms with Crippen LogP contribution in [0.25, 0.3) is 0 Å². The standard InChI is InChI=1S/C22H40INO4/c1-14(12-25)10-17(27)6-7-18-15(2)8-9-21(24)13-20(4,5)11-19(22(18,21)23)28-16(3)26/h14-15,17-19,25,27H,6-13,24H2,1-5H3/t14-,15+,17?,18+,19+,21-,22?/m1/s1. The first kappa shape index (κ1) is 24.4. The molecule has 2 rings (SSSR count). The van der Waals surface area contributed by atoms with Crippen LogP contribution in [0.5, 0.6) is 0 Å². The summed E-state index contributed by atoms with van der Waals surface area (Å²) in [6.45, 7) is 10.3. The van der Waals surface area contributed by atoms with Crippen LogP contribution in [0.4, 0.5) is 0 Å². The average molecular weight is 509 g/mol. The van der Waals surface area contributed by atoms with Crippen LogP contribution >= 0.6 is 22.6 Å². The number of fused-ring (bicyclic) bond motifs is 1. The van der Waals surface area contributed by atoms with Crippen LogP contribution in [0.15, 0.2) is 0 Å². The number of hydrogen-bond donors (Lipinski definition) is 3. The number of aliphatic hydroxyl groups excluding tert-OH is 2. The fourth-order valence-corrected chi connectivity index (χ4v) is 7.61. The first-order chi connectivity index (χ1) is 12.8. The van der Waals surface area contributed by atoms with Crippen molar-refractivity contribution in [2.45, 2.75) is 101 Å². The van der Waals surface area contributed by atoms with Crippen LogP contribution in [0.2, 0.25) is 0 Å². The van der Waals surface area contributed by atoms with Gasteiger partial charge in [-0.15, -0.1) is 0 Å². The maximum absolute atomic E-state index is 11.9. The lowest BCUT2D eigenvalue weighted by Gasteiger charge is -2.63. The molecule has 2 aliphatic carbocycles. The van der Waals surface area contributed by atoms with Crippen molar-refractivity contribution in [2.75, 3.05) is 6.61 Å². The Hall–Kier alpha value is 0.0800. The summed E-state index contributed by atoms with van der Waals surface area (Å²) in [4.78, 5) is 11.9. The van der Waals surface area contributed by atoms with E-state index in [9.17, 15) is 15.0 Å². The number of esters is 1. The number of hydrogen-bond acceptors (Lipinski definition) is 5. The van der Waals surface area contributed by atoms with E-state index in [1.165, 1.54) is 6.92 Å². The lowest BCUT2D eigenvalue weighted by molar-refractivity contribution is -0.159. The van der Waals surface area contributed by atoms with Gasteiger partial charge < -0.3 is 20.7 Å². The predicted molar refractivity (Wildman–Crippen MR) is 120 cm³/mol. The van der Waals surface area contributed by atoms with Gasteiger partial charge in [0.2, 0.25) is 0 Å². The molecule has 0 radical (unpaired) electrons. The summed E-state index contributed by atoms with van der Waals surface area (Å²) in [6, 6.07) is 0. The van der Waals surface area contributed by atoms with Gasteiger partial charge in [0.1, 0.15) is 6.10 Å². The molecule has 2 aliphatic rings. The number of aliphatic hydroxyl groups is 2. The van der Waals surface area contributed by atoms with Crippen molar-refractivity contribution in [3.05, 3.63) is 0 Å². The largest absolute Gasteiger partial charge is 0.461 e. The molecule has 0 aromatic rings. The van der Waals surface area contributed by atoms with E-state index < -0.39 is 6.10 Å². The van der Waals surface area contributed by atoms with Crippen molar-refractivity contribution in [1.29, 1.82) is 0 Å². The Kier molecular flexibility index (Phi) is 7.88. The molecule has 2 saturated carbocycles. The van der Waals surface area contributed by atoms with Crippen LogP contribution < -0.4 is 5.73 Å². The van der Waals surface area contributed by atoms with Crippen molar-refractivity contribution in [3.8, 4) is 0 Å². The van der Waals surface area contributed by atoms with Crippen molar-refractivity contribution < 1.29 is 19.7 Å². The first-order valence-corrected chi connectivity index (χ1v) is 11.9. The molecule has 2 unspecified atom stereocenters. The number of halogens is 1. The van der Waals surface area contributed by atoms with Crippen molar-refractivity contribution in [3.63, 3.8) is 0 Å². The smallest absolute Gasteiger partial charge is 0.302 e. The summed E-state index contributed by atoms with van der Waals surface area (Å²) in [5, 5.41) is 19.7. The fourth-order valence-electron chi connectivity index (χ4n) is 5.87. The molecule has 6 heteroatoms. The highest BCUT2D eigenvalue weighted by Crippen LogP contribution is 2.61. The van der Waals surface area contributed by atoms with Gasteiger partial charge in [-0.05, 0) is 68.1 Å². The molecular weight excluding hydrogens is 469 g/mol. The number of carbonyl (C=O) groups is 1. The van der Waals surface area contributed by atoms with Crippen LogP contribution in [-0.4, -0.2) is 44.0 Å². The molecule has 0 aromatic carbocycles. The van der Waals surface area contributed by atoms with E-state index in [2.05, 4.69) is 43.4 Å². The lowest BCUT2D eigenvalue weighted by Crippen LogP contribution is -2.73. The van der Waals surface area contributed by atoms with Gasteiger partial charge >= 0.3 is 5.97 Å². The van der Waals surface area contributed by atoms with E-state index in [-0.39, 0.29) is 44.9 Å². The van der Waals surface area contributed by atoms with E-state index in [4.69, 9.17) is 10.5 Å². The van der Waals surface area contributed by atoms with E-state index in [0.717, 1.165) is 32.1 Å². The SMILES string of the molecule is CC(=O)O[C@H]1CC(C)(C)C[C@]2(N)CC[C@H](C)[C@H](CCC(O)C[C@@H](C)CO)C12I. The Morgan fingerprint density at radius 1 is 1.39 bits per heavy atom. The van der Waals surface area contributed by atoms with Gasteiger partial charge in [0.15, 0.2) is 0 Å². The second-order valence-corrected chi connectivity index (χ2v) is 12.2. The number of carbonyl (C=O) groups excluding carboxylic acids is 1.